The molecule has 0 amide bonds. The number of allylic oxidation sites excluding steroid dienone is 3. The number of thioether (sulfide) groups is 1. The first-order chi connectivity index (χ1) is 8.65. The Kier molecular flexibility index (Phi) is 3.90. The molecule has 2 N–H and O–H groups in total. The van der Waals surface area contributed by atoms with Crippen LogP contribution in [-0.2, 0) is 0 Å². The molecule has 0 aromatic heterocycles. The van der Waals surface area contributed by atoms with E-state index in [1.54, 1.807) is 12.1 Å². The lowest BCUT2D eigenvalue weighted by Crippen LogP contribution is -2.04. The number of thiocarbonyl (C=S) groups is 1. The van der Waals surface area contributed by atoms with E-state index in [0.717, 1.165) is 16.0 Å². The summed E-state index contributed by atoms with van der Waals surface area (Å²) >= 11 is 11.9. The predicted molar refractivity (Wildman–Crippen MR) is 80.0 cm³/mol. The fourth-order valence-corrected chi connectivity index (χ4v) is 2.58. The molecule has 2 nitrogen and oxygen atoms in total. The topological polar surface area (TPSA) is 49.8 Å². The molecule has 0 spiro atoms. The second kappa shape index (κ2) is 5.43. The van der Waals surface area contributed by atoms with Crippen molar-refractivity contribution in [1.29, 1.82) is 5.26 Å². The summed E-state index contributed by atoms with van der Waals surface area (Å²) in [5.74, 6) is 0. The van der Waals surface area contributed by atoms with Crippen molar-refractivity contribution in [1.82, 2.24) is 0 Å². The first kappa shape index (κ1) is 12.9. The van der Waals surface area contributed by atoms with Gasteiger partial charge in [0, 0.05) is 10.6 Å². The molecule has 1 heterocycles. The molecule has 18 heavy (non-hydrogen) atoms. The first-order valence-electron chi connectivity index (χ1n) is 4.96. The largest absolute Gasteiger partial charge is 0.392 e. The highest BCUT2D eigenvalue weighted by Crippen LogP contribution is 2.37. The van der Waals surface area contributed by atoms with Crippen molar-refractivity contribution in [3.8, 4) is 6.07 Å². The summed E-state index contributed by atoms with van der Waals surface area (Å²) in [6, 6.07) is 9.34. The van der Waals surface area contributed by atoms with E-state index >= 15 is 0 Å². The fourth-order valence-electron chi connectivity index (χ4n) is 1.56. The molecule has 0 radical (unpaired) electrons. The van der Waals surface area contributed by atoms with Crippen LogP contribution in [0, 0.1) is 11.3 Å². The molecule has 1 aromatic rings. The number of hydrogen-bond acceptors (Lipinski definition) is 4. The average Bonchev–Trinajstić information content (AvgIpc) is 2.38. The van der Waals surface area contributed by atoms with E-state index in [1.165, 1.54) is 11.8 Å². The predicted octanol–water partition coefficient (Wildman–Crippen LogP) is 3.65. The third kappa shape index (κ3) is 2.50. The molecule has 0 saturated heterocycles. The molecule has 0 bridgehead atoms. The summed E-state index contributed by atoms with van der Waals surface area (Å²) in [5, 5.41) is 12.9. The van der Waals surface area contributed by atoms with E-state index in [9.17, 15) is 5.26 Å². The van der Waals surface area contributed by atoms with Gasteiger partial charge in [-0.1, -0.05) is 35.5 Å². The van der Waals surface area contributed by atoms with Gasteiger partial charge in [0.05, 0.1) is 15.5 Å². The highest BCUT2D eigenvalue weighted by atomic mass is 35.5. The number of nitrogens with zero attached hydrogens (tertiary/aromatic N) is 1. The van der Waals surface area contributed by atoms with Gasteiger partial charge in [0.15, 0.2) is 0 Å². The van der Waals surface area contributed by atoms with Crippen molar-refractivity contribution < 1.29 is 0 Å². The maximum absolute atomic E-state index is 9.18. The van der Waals surface area contributed by atoms with Crippen LogP contribution >= 0.6 is 35.6 Å². The minimum absolute atomic E-state index is 0.442. The van der Waals surface area contributed by atoms with Crippen LogP contribution in [0.25, 0.3) is 5.57 Å². The van der Waals surface area contributed by atoms with Crippen molar-refractivity contribution in [2.75, 3.05) is 0 Å². The van der Waals surface area contributed by atoms with Crippen molar-refractivity contribution in [3.63, 3.8) is 0 Å². The van der Waals surface area contributed by atoms with Gasteiger partial charge in [-0.3, -0.25) is 0 Å². The number of nitriles is 1. The minimum atomic E-state index is 0.442. The van der Waals surface area contributed by atoms with Gasteiger partial charge in [-0.15, -0.1) is 0 Å². The van der Waals surface area contributed by atoms with E-state index in [1.807, 2.05) is 18.2 Å². The molecule has 1 aromatic carbocycles. The van der Waals surface area contributed by atoms with Crippen LogP contribution in [0.2, 0.25) is 5.02 Å². The van der Waals surface area contributed by atoms with Crippen molar-refractivity contribution >= 4 is 46.2 Å². The molecular weight excluding hydrogens is 284 g/mol. The van der Waals surface area contributed by atoms with E-state index in [0.29, 0.717) is 15.6 Å². The minimum Gasteiger partial charge on any atom is -0.392 e. The summed E-state index contributed by atoms with van der Waals surface area (Å²) < 4.78 is 0. The van der Waals surface area contributed by atoms with Crippen LogP contribution in [0.1, 0.15) is 5.56 Å². The molecule has 0 saturated carbocycles. The van der Waals surface area contributed by atoms with E-state index in [-0.39, 0.29) is 0 Å². The van der Waals surface area contributed by atoms with E-state index < -0.39 is 0 Å². The molecule has 1 aliphatic heterocycles. The van der Waals surface area contributed by atoms with Crippen LogP contribution in [0.15, 0.2) is 45.8 Å². The molecule has 88 valence electrons. The fraction of sp³-hybridized carbons (Fsp3) is 0. The zero-order valence-corrected chi connectivity index (χ0v) is 11.5. The molecule has 0 atom stereocenters. The molecule has 0 fully saturated rings. The SMILES string of the molecule is N#CC1=C(N)SC(=C=S)C=C1c1ccc(Cl)cc1. The number of halogens is 1. The van der Waals surface area contributed by atoms with Crippen molar-refractivity contribution in [2.24, 2.45) is 5.73 Å². The maximum atomic E-state index is 9.18. The summed E-state index contributed by atoms with van der Waals surface area (Å²) in [7, 11) is 0. The van der Waals surface area contributed by atoms with Crippen LogP contribution < -0.4 is 5.73 Å². The normalized spacial score (nSPS) is 14.9. The number of benzene rings is 1. The summed E-state index contributed by atoms with van der Waals surface area (Å²) in [6.07, 6.45) is 1.82. The Balaban J connectivity index is 2.59. The van der Waals surface area contributed by atoms with Gasteiger partial charge < -0.3 is 5.73 Å². The molecule has 0 unspecified atom stereocenters. The lowest BCUT2D eigenvalue weighted by Gasteiger charge is -2.15. The summed E-state index contributed by atoms with van der Waals surface area (Å²) in [6.45, 7) is 0. The molecular formula is C13H7ClN2S2. The summed E-state index contributed by atoms with van der Waals surface area (Å²) in [5.41, 5.74) is 7.94. The van der Waals surface area contributed by atoms with Gasteiger partial charge in [0.2, 0.25) is 0 Å². The standard InChI is InChI=1S/C13H7ClN2S2/c14-9-3-1-8(2-4-9)11-5-10(7-17)18-13(16)12(11)6-15/h1-5H,16H2. The van der Waals surface area contributed by atoms with E-state index in [4.69, 9.17) is 29.6 Å². The van der Waals surface area contributed by atoms with Gasteiger partial charge in [0.25, 0.3) is 0 Å². The lowest BCUT2D eigenvalue weighted by molar-refractivity contribution is 1.42. The Morgan fingerprint density at radius 1 is 1.28 bits per heavy atom. The second-order valence-corrected chi connectivity index (χ2v) is 5.21. The summed E-state index contributed by atoms with van der Waals surface area (Å²) in [4.78, 5) is 0.728. The van der Waals surface area contributed by atoms with Crippen LogP contribution in [0.5, 0.6) is 0 Å². The third-order valence-electron chi connectivity index (χ3n) is 2.38. The highest BCUT2D eigenvalue weighted by Gasteiger charge is 2.18. The quantitative estimate of drug-likeness (QED) is 0.802. The Morgan fingerprint density at radius 3 is 2.50 bits per heavy atom. The Hall–Kier alpha value is -1.50. The van der Waals surface area contributed by atoms with Crippen molar-refractivity contribution in [3.05, 3.63) is 56.4 Å². The number of rotatable bonds is 1. The van der Waals surface area contributed by atoms with Crippen LogP contribution in [0.3, 0.4) is 0 Å². The monoisotopic (exact) mass is 290 g/mol. The zero-order valence-electron chi connectivity index (χ0n) is 9.11. The molecule has 0 aliphatic carbocycles. The van der Waals surface area contributed by atoms with Crippen molar-refractivity contribution in [2.45, 2.75) is 0 Å². The third-order valence-corrected chi connectivity index (χ3v) is 3.84. The van der Waals surface area contributed by atoms with Gasteiger partial charge >= 0.3 is 0 Å². The Morgan fingerprint density at radius 2 is 1.94 bits per heavy atom. The maximum Gasteiger partial charge on any atom is 0.103 e. The lowest BCUT2D eigenvalue weighted by atomic mass is 9.98. The molecule has 5 heteroatoms. The van der Waals surface area contributed by atoms with Crippen LogP contribution in [-0.4, -0.2) is 5.02 Å². The highest BCUT2D eigenvalue weighted by molar-refractivity contribution is 8.07. The Bertz CT molecular complexity index is 645. The second-order valence-electron chi connectivity index (χ2n) is 3.48. The van der Waals surface area contributed by atoms with E-state index in [2.05, 4.69) is 11.1 Å². The Labute approximate surface area is 119 Å². The number of hydrogen-bond donors (Lipinski definition) is 1. The molecule has 1 aliphatic rings. The van der Waals surface area contributed by atoms with Gasteiger partial charge in [0.1, 0.15) is 6.07 Å². The number of nitrogens with two attached hydrogens (primary N) is 1. The zero-order chi connectivity index (χ0) is 13.1. The average molecular weight is 291 g/mol. The van der Waals surface area contributed by atoms with Crippen LogP contribution in [0.4, 0.5) is 0 Å². The van der Waals surface area contributed by atoms with Gasteiger partial charge in [-0.05, 0) is 41.0 Å². The van der Waals surface area contributed by atoms with Gasteiger partial charge in [-0.25, -0.2) is 0 Å². The molecule has 2 rings (SSSR count). The first-order valence-corrected chi connectivity index (χ1v) is 6.57. The van der Waals surface area contributed by atoms with Gasteiger partial charge in [-0.2, -0.15) is 5.26 Å². The smallest absolute Gasteiger partial charge is 0.103 e.